The highest BCUT2D eigenvalue weighted by Crippen LogP contribution is 2.58. The summed E-state index contributed by atoms with van der Waals surface area (Å²) in [4.78, 5) is 0. The first kappa shape index (κ1) is 15.4. The Hall–Kier alpha value is -1.86. The van der Waals surface area contributed by atoms with Gasteiger partial charge in [0.25, 0.3) is 0 Å². The van der Waals surface area contributed by atoms with E-state index in [4.69, 9.17) is 0 Å². The molecule has 1 aliphatic heterocycles. The molecule has 0 aromatic heterocycles. The van der Waals surface area contributed by atoms with Crippen molar-refractivity contribution in [3.63, 3.8) is 0 Å². The van der Waals surface area contributed by atoms with Crippen molar-refractivity contribution in [2.75, 3.05) is 0 Å². The zero-order valence-corrected chi connectivity index (χ0v) is 16.7. The van der Waals surface area contributed by atoms with Crippen LogP contribution in [0.5, 0.6) is 0 Å². The number of allylic oxidation sites excluding steroid dienone is 4. The SMILES string of the molecule is CC1=C2C(CCC3C(=C(C)c4ccccc43)[Si]2(C)C)c2ccccc21. The first-order valence-corrected chi connectivity index (χ1v) is 12.6. The van der Waals surface area contributed by atoms with E-state index in [-0.39, 0.29) is 0 Å². The predicted octanol–water partition coefficient (Wildman–Crippen LogP) is 6.71. The van der Waals surface area contributed by atoms with Gasteiger partial charge in [0, 0.05) is 11.8 Å². The molecule has 126 valence electrons. The van der Waals surface area contributed by atoms with E-state index in [1.807, 2.05) is 10.4 Å². The first-order valence-electron chi connectivity index (χ1n) is 9.63. The van der Waals surface area contributed by atoms with Crippen LogP contribution in [-0.2, 0) is 0 Å². The van der Waals surface area contributed by atoms with Crippen LogP contribution >= 0.6 is 0 Å². The smallest absolute Gasteiger partial charge is 0.0656 e. The van der Waals surface area contributed by atoms with Gasteiger partial charge in [0.2, 0.25) is 0 Å². The van der Waals surface area contributed by atoms with E-state index < -0.39 is 8.07 Å². The molecule has 2 aromatic rings. The van der Waals surface area contributed by atoms with Gasteiger partial charge in [-0.1, -0.05) is 72.0 Å². The highest BCUT2D eigenvalue weighted by atomic mass is 28.3. The van der Waals surface area contributed by atoms with Crippen molar-refractivity contribution < 1.29 is 0 Å². The van der Waals surface area contributed by atoms with Crippen molar-refractivity contribution in [3.05, 3.63) is 81.2 Å². The van der Waals surface area contributed by atoms with E-state index in [1.54, 1.807) is 22.3 Å². The van der Waals surface area contributed by atoms with Gasteiger partial charge in [-0.2, -0.15) is 0 Å². The molecule has 0 saturated carbocycles. The normalized spacial score (nSPS) is 26.1. The Morgan fingerprint density at radius 2 is 1.08 bits per heavy atom. The maximum Gasteiger partial charge on any atom is 0.105 e. The summed E-state index contributed by atoms with van der Waals surface area (Å²) in [5.74, 6) is 1.33. The second kappa shape index (κ2) is 5.08. The molecular formula is C24H26Si. The number of rotatable bonds is 0. The molecule has 3 aliphatic rings. The molecule has 1 fully saturated rings. The summed E-state index contributed by atoms with van der Waals surface area (Å²) < 4.78 is 0. The number of hydrogen-bond acceptors (Lipinski definition) is 0. The average Bonchev–Trinajstić information content (AvgIpc) is 3.02. The summed E-state index contributed by atoms with van der Waals surface area (Å²) in [6.07, 6.45) is 2.60. The molecule has 2 aromatic carbocycles. The Bertz CT molecular complexity index is 880. The molecule has 25 heavy (non-hydrogen) atoms. The molecule has 1 saturated heterocycles. The van der Waals surface area contributed by atoms with Crippen molar-refractivity contribution in [2.45, 2.75) is 51.6 Å². The monoisotopic (exact) mass is 342 g/mol. The van der Waals surface area contributed by atoms with E-state index in [0.717, 1.165) is 0 Å². The minimum absolute atomic E-state index is 0.663. The highest BCUT2D eigenvalue weighted by molar-refractivity contribution is 6.92. The molecule has 0 radical (unpaired) electrons. The van der Waals surface area contributed by atoms with Crippen LogP contribution in [0.25, 0.3) is 11.1 Å². The van der Waals surface area contributed by atoms with E-state index in [0.29, 0.717) is 11.8 Å². The van der Waals surface area contributed by atoms with Gasteiger partial charge in [-0.25, -0.2) is 0 Å². The lowest BCUT2D eigenvalue weighted by Crippen LogP contribution is -2.35. The van der Waals surface area contributed by atoms with Gasteiger partial charge in [-0.15, -0.1) is 0 Å². The standard InChI is InChI=1S/C24H26Si/c1-15-17-9-5-7-11-19(17)21-13-14-22-20-12-8-6-10-18(20)16(2)24(22)25(3,4)23(15)21/h5-12,21-22H,13-14H2,1-4H3. The summed E-state index contributed by atoms with van der Waals surface area (Å²) in [6, 6.07) is 18.3. The van der Waals surface area contributed by atoms with Crippen LogP contribution < -0.4 is 0 Å². The Labute approximate surface area is 152 Å². The Balaban J connectivity index is 1.76. The van der Waals surface area contributed by atoms with Crippen LogP contribution in [0.2, 0.25) is 13.1 Å². The van der Waals surface area contributed by atoms with E-state index >= 15 is 0 Å². The molecule has 0 bridgehead atoms. The van der Waals surface area contributed by atoms with Gasteiger partial charge < -0.3 is 0 Å². The fourth-order valence-corrected chi connectivity index (χ4v) is 11.1. The third kappa shape index (κ3) is 1.88. The van der Waals surface area contributed by atoms with Crippen LogP contribution in [0, 0.1) is 0 Å². The summed E-state index contributed by atoms with van der Waals surface area (Å²) in [5.41, 5.74) is 9.43. The molecule has 0 nitrogen and oxygen atoms in total. The van der Waals surface area contributed by atoms with E-state index in [1.165, 1.54) is 24.0 Å². The van der Waals surface area contributed by atoms with E-state index in [9.17, 15) is 0 Å². The predicted molar refractivity (Wildman–Crippen MR) is 110 cm³/mol. The minimum atomic E-state index is -1.66. The molecule has 0 N–H and O–H groups in total. The molecule has 2 atom stereocenters. The quantitative estimate of drug-likeness (QED) is 0.467. The highest BCUT2D eigenvalue weighted by Gasteiger charge is 2.48. The van der Waals surface area contributed by atoms with Crippen molar-refractivity contribution in [1.82, 2.24) is 0 Å². The molecule has 2 aliphatic carbocycles. The number of fused-ring (bicyclic) bond motifs is 6. The fourth-order valence-electron chi connectivity index (χ4n) is 6.30. The van der Waals surface area contributed by atoms with Crippen molar-refractivity contribution in [3.8, 4) is 0 Å². The van der Waals surface area contributed by atoms with Gasteiger partial charge in [0.05, 0.1) is 0 Å². The summed E-state index contributed by atoms with van der Waals surface area (Å²) in [6.45, 7) is 10.0. The Morgan fingerprint density at radius 1 is 0.680 bits per heavy atom. The van der Waals surface area contributed by atoms with Crippen LogP contribution in [0.15, 0.2) is 58.9 Å². The van der Waals surface area contributed by atoms with Crippen LogP contribution in [0.3, 0.4) is 0 Å². The number of hydrogen-bond donors (Lipinski definition) is 0. The molecule has 1 heteroatoms. The Morgan fingerprint density at radius 3 is 1.52 bits per heavy atom. The zero-order valence-electron chi connectivity index (χ0n) is 15.7. The van der Waals surface area contributed by atoms with Crippen molar-refractivity contribution in [2.24, 2.45) is 0 Å². The fraction of sp³-hybridized carbons (Fsp3) is 0.333. The maximum absolute atomic E-state index is 2.62. The average molecular weight is 343 g/mol. The molecule has 0 spiro atoms. The third-order valence-corrected chi connectivity index (χ3v) is 11.2. The summed E-state index contributed by atoms with van der Waals surface area (Å²) in [7, 11) is -1.66. The van der Waals surface area contributed by atoms with Crippen molar-refractivity contribution >= 4 is 19.2 Å². The molecule has 5 rings (SSSR count). The van der Waals surface area contributed by atoms with Gasteiger partial charge in [0.15, 0.2) is 0 Å². The lowest BCUT2D eigenvalue weighted by molar-refractivity contribution is 0.642. The first-order chi connectivity index (χ1) is 12.0. The summed E-state index contributed by atoms with van der Waals surface area (Å²) >= 11 is 0. The second-order valence-corrected chi connectivity index (χ2v) is 12.9. The lowest BCUT2D eigenvalue weighted by atomic mass is 9.89. The molecule has 0 amide bonds. The topological polar surface area (TPSA) is 0 Å². The molecule has 1 heterocycles. The van der Waals surface area contributed by atoms with E-state index in [2.05, 4.69) is 75.5 Å². The summed E-state index contributed by atoms with van der Waals surface area (Å²) in [5, 5.41) is 3.64. The Kier molecular flexibility index (Phi) is 3.13. The van der Waals surface area contributed by atoms with Crippen LogP contribution in [0.4, 0.5) is 0 Å². The minimum Gasteiger partial charge on any atom is -0.0656 e. The second-order valence-electron chi connectivity index (χ2n) is 8.56. The number of benzene rings is 2. The maximum atomic E-state index is 2.62. The van der Waals surface area contributed by atoms with Crippen LogP contribution in [-0.4, -0.2) is 8.07 Å². The van der Waals surface area contributed by atoms with Gasteiger partial charge >= 0.3 is 0 Å². The van der Waals surface area contributed by atoms with Gasteiger partial charge in [-0.05, 0) is 60.1 Å². The molecular weight excluding hydrogens is 316 g/mol. The largest absolute Gasteiger partial charge is 0.105 e. The zero-order chi connectivity index (χ0) is 17.3. The third-order valence-electron chi connectivity index (χ3n) is 7.08. The molecule has 2 unspecified atom stereocenters. The van der Waals surface area contributed by atoms with Crippen LogP contribution in [0.1, 0.15) is 60.8 Å². The van der Waals surface area contributed by atoms with Gasteiger partial charge in [-0.3, -0.25) is 0 Å². The van der Waals surface area contributed by atoms with Gasteiger partial charge in [0.1, 0.15) is 8.07 Å². The van der Waals surface area contributed by atoms with Crippen molar-refractivity contribution in [1.29, 1.82) is 0 Å². The lowest BCUT2D eigenvalue weighted by Gasteiger charge is -2.32.